The second-order valence-corrected chi connectivity index (χ2v) is 4.33. The van der Waals surface area contributed by atoms with Gasteiger partial charge < -0.3 is 15.8 Å². The van der Waals surface area contributed by atoms with Crippen LogP contribution in [0.15, 0.2) is 23.0 Å². The van der Waals surface area contributed by atoms with E-state index < -0.39 is 5.56 Å². The lowest BCUT2D eigenvalue weighted by molar-refractivity contribution is 0.477. The number of phenols is 1. The van der Waals surface area contributed by atoms with Gasteiger partial charge in [-0.05, 0) is 18.2 Å². The van der Waals surface area contributed by atoms with E-state index in [-0.39, 0.29) is 22.9 Å². The number of imidazole rings is 1. The molecule has 0 bridgehead atoms. The van der Waals surface area contributed by atoms with E-state index in [0.717, 1.165) is 0 Å². The molecular weight excluding hydrogens is 270 g/mol. The second kappa shape index (κ2) is 3.99. The fraction of sp³-hybridized carbons (Fsp3) is 0. The van der Waals surface area contributed by atoms with E-state index >= 15 is 0 Å². The number of nitrogens with one attached hydrogen (secondary N) is 2. The highest BCUT2D eigenvalue weighted by Crippen LogP contribution is 2.30. The summed E-state index contributed by atoms with van der Waals surface area (Å²) in [5, 5.41) is 10.2. The molecule has 0 amide bonds. The van der Waals surface area contributed by atoms with Gasteiger partial charge >= 0.3 is 0 Å². The summed E-state index contributed by atoms with van der Waals surface area (Å²) in [4.78, 5) is 24.8. The van der Waals surface area contributed by atoms with Crippen molar-refractivity contribution >= 4 is 28.7 Å². The molecule has 0 aliphatic heterocycles. The highest BCUT2D eigenvalue weighted by Gasteiger charge is 2.13. The van der Waals surface area contributed by atoms with E-state index in [4.69, 9.17) is 17.3 Å². The van der Waals surface area contributed by atoms with Gasteiger partial charge in [-0.3, -0.25) is 9.78 Å². The first kappa shape index (κ1) is 11.5. The van der Waals surface area contributed by atoms with E-state index in [1.54, 1.807) is 12.1 Å². The van der Waals surface area contributed by atoms with Gasteiger partial charge in [0.25, 0.3) is 5.56 Å². The van der Waals surface area contributed by atoms with E-state index in [2.05, 4.69) is 19.9 Å². The summed E-state index contributed by atoms with van der Waals surface area (Å²) in [6.45, 7) is 0. The third kappa shape index (κ3) is 1.89. The van der Waals surface area contributed by atoms with Crippen LogP contribution in [0, 0.1) is 0 Å². The van der Waals surface area contributed by atoms with Gasteiger partial charge in [-0.15, -0.1) is 0 Å². The number of hydrogen-bond acceptors (Lipinski definition) is 5. The van der Waals surface area contributed by atoms with Crippen LogP contribution in [0.25, 0.3) is 22.6 Å². The molecule has 2 heterocycles. The number of aromatic nitrogens is 4. The maximum atomic E-state index is 11.7. The van der Waals surface area contributed by atoms with Crippen LogP contribution in [-0.2, 0) is 0 Å². The Kier molecular flexibility index (Phi) is 2.42. The molecule has 7 nitrogen and oxygen atoms in total. The maximum Gasteiger partial charge on any atom is 0.278 e. The molecule has 0 aliphatic carbocycles. The van der Waals surface area contributed by atoms with E-state index in [1.165, 1.54) is 6.07 Å². The van der Waals surface area contributed by atoms with Crippen molar-refractivity contribution < 1.29 is 5.11 Å². The molecule has 0 saturated heterocycles. The minimum Gasteiger partial charge on any atom is -0.507 e. The number of halogens is 1. The molecular formula is C11H8ClN5O2. The number of benzene rings is 1. The zero-order valence-corrected chi connectivity index (χ0v) is 10.2. The van der Waals surface area contributed by atoms with Crippen LogP contribution in [0.1, 0.15) is 0 Å². The highest BCUT2D eigenvalue weighted by atomic mass is 35.5. The molecule has 0 saturated carbocycles. The first-order chi connectivity index (χ1) is 9.04. The predicted molar refractivity (Wildman–Crippen MR) is 71.0 cm³/mol. The maximum absolute atomic E-state index is 11.7. The Morgan fingerprint density at radius 3 is 2.79 bits per heavy atom. The quantitative estimate of drug-likeness (QED) is 0.533. The van der Waals surface area contributed by atoms with Gasteiger partial charge in [-0.2, -0.15) is 4.98 Å². The zero-order chi connectivity index (χ0) is 13.6. The van der Waals surface area contributed by atoms with Crippen LogP contribution in [0.3, 0.4) is 0 Å². The fourth-order valence-corrected chi connectivity index (χ4v) is 1.92. The normalized spacial score (nSPS) is 11.0. The van der Waals surface area contributed by atoms with E-state index in [1.807, 2.05) is 0 Å². The number of anilines is 1. The number of phenolic OH excluding ortho intramolecular Hbond substituents is 1. The van der Waals surface area contributed by atoms with Crippen molar-refractivity contribution in [1.29, 1.82) is 0 Å². The molecule has 0 spiro atoms. The Bertz CT molecular complexity index is 839. The third-order valence-electron chi connectivity index (χ3n) is 2.59. The monoisotopic (exact) mass is 277 g/mol. The molecule has 0 fully saturated rings. The second-order valence-electron chi connectivity index (χ2n) is 3.90. The topological polar surface area (TPSA) is 121 Å². The molecule has 3 aromatic rings. The van der Waals surface area contributed by atoms with Crippen molar-refractivity contribution in [3.63, 3.8) is 0 Å². The van der Waals surface area contributed by atoms with Gasteiger partial charge in [0, 0.05) is 5.02 Å². The van der Waals surface area contributed by atoms with Crippen molar-refractivity contribution in [3.8, 4) is 17.1 Å². The highest BCUT2D eigenvalue weighted by molar-refractivity contribution is 6.30. The van der Waals surface area contributed by atoms with Crippen LogP contribution in [0.4, 0.5) is 5.95 Å². The van der Waals surface area contributed by atoms with Crippen molar-refractivity contribution in [2.24, 2.45) is 0 Å². The summed E-state index contributed by atoms with van der Waals surface area (Å²) in [7, 11) is 0. The van der Waals surface area contributed by atoms with Gasteiger partial charge in [0.15, 0.2) is 11.2 Å². The minimum atomic E-state index is -0.422. The van der Waals surface area contributed by atoms with Gasteiger partial charge in [0.05, 0.1) is 5.56 Å². The average molecular weight is 278 g/mol. The number of H-pyrrole nitrogens is 2. The van der Waals surface area contributed by atoms with Crippen molar-refractivity contribution in [3.05, 3.63) is 33.6 Å². The number of aromatic amines is 2. The molecule has 96 valence electrons. The standard InChI is InChI=1S/C11H8ClN5O2/c12-4-1-2-5(6(18)3-4)8-14-7-9(15-8)16-11(13)17-10(7)19/h1-3,18H,(H4,13,14,15,16,17,19). The molecule has 0 atom stereocenters. The molecule has 0 aliphatic rings. The predicted octanol–water partition coefficient (Wildman–Crippen LogP) is 1.25. The molecule has 3 rings (SSSR count). The Labute approximate surface area is 111 Å². The first-order valence-electron chi connectivity index (χ1n) is 5.29. The molecule has 0 unspecified atom stereocenters. The Balaban J connectivity index is 2.26. The lowest BCUT2D eigenvalue weighted by Gasteiger charge is -2.00. The number of rotatable bonds is 1. The Hall–Kier alpha value is -2.54. The SMILES string of the molecule is Nc1nc2nc(-c3ccc(Cl)cc3O)[nH]c2c(=O)[nH]1. The van der Waals surface area contributed by atoms with Gasteiger partial charge in [-0.25, -0.2) is 4.98 Å². The van der Waals surface area contributed by atoms with Gasteiger partial charge in [-0.1, -0.05) is 11.6 Å². The van der Waals surface area contributed by atoms with E-state index in [9.17, 15) is 9.90 Å². The lowest BCUT2D eigenvalue weighted by atomic mass is 10.2. The number of nitrogens with two attached hydrogens (primary N) is 1. The number of nitrogens with zero attached hydrogens (tertiary/aromatic N) is 2. The fourth-order valence-electron chi connectivity index (χ4n) is 1.76. The van der Waals surface area contributed by atoms with Crippen LogP contribution in [-0.4, -0.2) is 25.0 Å². The number of nitrogen functional groups attached to an aromatic ring is 1. The average Bonchev–Trinajstić information content (AvgIpc) is 2.72. The summed E-state index contributed by atoms with van der Waals surface area (Å²) in [5.41, 5.74) is 5.81. The summed E-state index contributed by atoms with van der Waals surface area (Å²) >= 11 is 5.75. The molecule has 19 heavy (non-hydrogen) atoms. The number of fused-ring (bicyclic) bond motifs is 1. The summed E-state index contributed by atoms with van der Waals surface area (Å²) < 4.78 is 0. The largest absolute Gasteiger partial charge is 0.507 e. The summed E-state index contributed by atoms with van der Waals surface area (Å²) in [6, 6.07) is 4.58. The zero-order valence-electron chi connectivity index (χ0n) is 9.44. The number of aromatic hydroxyl groups is 1. The summed E-state index contributed by atoms with van der Waals surface area (Å²) in [5.74, 6) is 0.250. The summed E-state index contributed by atoms with van der Waals surface area (Å²) in [6.07, 6.45) is 0. The smallest absolute Gasteiger partial charge is 0.278 e. The van der Waals surface area contributed by atoms with Crippen molar-refractivity contribution in [1.82, 2.24) is 19.9 Å². The van der Waals surface area contributed by atoms with Crippen molar-refractivity contribution in [2.75, 3.05) is 5.73 Å². The lowest BCUT2D eigenvalue weighted by Crippen LogP contribution is -2.10. The van der Waals surface area contributed by atoms with Crippen LogP contribution < -0.4 is 11.3 Å². The van der Waals surface area contributed by atoms with Gasteiger partial charge in [0.2, 0.25) is 5.95 Å². The molecule has 5 N–H and O–H groups in total. The number of hydrogen-bond donors (Lipinski definition) is 4. The van der Waals surface area contributed by atoms with Crippen LogP contribution >= 0.6 is 11.6 Å². The van der Waals surface area contributed by atoms with Crippen LogP contribution in [0.2, 0.25) is 5.02 Å². The third-order valence-corrected chi connectivity index (χ3v) is 2.83. The molecule has 1 aromatic carbocycles. The minimum absolute atomic E-state index is 0.0177. The van der Waals surface area contributed by atoms with E-state index in [0.29, 0.717) is 16.4 Å². The Morgan fingerprint density at radius 2 is 2.05 bits per heavy atom. The molecule has 2 aromatic heterocycles. The first-order valence-corrected chi connectivity index (χ1v) is 5.67. The van der Waals surface area contributed by atoms with Crippen molar-refractivity contribution in [2.45, 2.75) is 0 Å². The van der Waals surface area contributed by atoms with Crippen LogP contribution in [0.5, 0.6) is 5.75 Å². The Morgan fingerprint density at radius 1 is 1.26 bits per heavy atom. The molecule has 8 heteroatoms. The van der Waals surface area contributed by atoms with Gasteiger partial charge in [0.1, 0.15) is 11.6 Å². The molecule has 0 radical (unpaired) electrons.